The number of carbonyl (C=O) groups is 1. The van der Waals surface area contributed by atoms with E-state index in [1.807, 2.05) is 30.3 Å². The average molecular weight is 349 g/mol. The quantitative estimate of drug-likeness (QED) is 0.802. The van der Waals surface area contributed by atoms with E-state index < -0.39 is 0 Å². The summed E-state index contributed by atoms with van der Waals surface area (Å²) in [4.78, 5) is 17.7. The molecule has 134 valence electrons. The van der Waals surface area contributed by atoms with Crippen molar-refractivity contribution in [3.8, 4) is 0 Å². The summed E-state index contributed by atoms with van der Waals surface area (Å²) in [5.74, 6) is 2.24. The average Bonchev–Trinajstić information content (AvgIpc) is 3.18. The van der Waals surface area contributed by atoms with Gasteiger partial charge in [-0.1, -0.05) is 25.1 Å². The number of hydrogen-bond acceptors (Lipinski definition) is 5. The van der Waals surface area contributed by atoms with Crippen molar-refractivity contribution in [2.75, 3.05) is 5.32 Å². The van der Waals surface area contributed by atoms with Gasteiger partial charge < -0.3 is 9.73 Å². The maximum Gasteiger partial charge on any atom is 0.203 e. The van der Waals surface area contributed by atoms with Crippen molar-refractivity contribution in [1.82, 2.24) is 5.32 Å². The SMILES string of the molecule is CC1CCC2(C1)N=C(Nc1cc3ccccc3o1)NC1=C2C(=O)CCC1. The molecule has 2 aromatic rings. The summed E-state index contributed by atoms with van der Waals surface area (Å²) in [6.07, 6.45) is 5.49. The zero-order chi connectivity index (χ0) is 17.7. The number of rotatable bonds is 1. The number of benzene rings is 1. The molecule has 0 bridgehead atoms. The molecule has 0 saturated heterocycles. The van der Waals surface area contributed by atoms with Crippen molar-refractivity contribution in [3.05, 3.63) is 41.6 Å². The number of carbonyl (C=O) groups excluding carboxylic acids is 1. The number of anilines is 1. The van der Waals surface area contributed by atoms with Gasteiger partial charge in [0, 0.05) is 29.1 Å². The zero-order valence-corrected chi connectivity index (χ0v) is 15.0. The van der Waals surface area contributed by atoms with Crippen molar-refractivity contribution >= 4 is 28.6 Å². The number of nitrogens with zero attached hydrogens (tertiary/aromatic N) is 1. The molecule has 1 aromatic carbocycles. The van der Waals surface area contributed by atoms with E-state index in [0.29, 0.717) is 24.2 Å². The Hall–Kier alpha value is -2.56. The largest absolute Gasteiger partial charge is 0.440 e. The summed E-state index contributed by atoms with van der Waals surface area (Å²) < 4.78 is 5.89. The van der Waals surface area contributed by atoms with Crippen LogP contribution >= 0.6 is 0 Å². The Morgan fingerprint density at radius 2 is 2.19 bits per heavy atom. The van der Waals surface area contributed by atoms with Crippen LogP contribution in [0, 0.1) is 5.92 Å². The minimum absolute atomic E-state index is 0.277. The maximum atomic E-state index is 12.7. The molecule has 1 saturated carbocycles. The number of furan rings is 1. The Labute approximate surface area is 152 Å². The summed E-state index contributed by atoms with van der Waals surface area (Å²) in [6, 6.07) is 9.93. The fourth-order valence-corrected chi connectivity index (χ4v) is 4.76. The first kappa shape index (κ1) is 15.7. The van der Waals surface area contributed by atoms with Crippen LogP contribution in [0.25, 0.3) is 11.0 Å². The standard InChI is InChI=1S/C21H23N3O2/c1-13-9-10-21(12-13)19-15(6-4-7-16(19)25)22-20(24-21)23-18-11-14-5-2-3-8-17(14)26-18/h2-3,5,8,11,13H,4,6-7,9-10,12H2,1H3,(H2,22,23,24). The van der Waals surface area contributed by atoms with Crippen LogP contribution in [0.1, 0.15) is 45.4 Å². The summed E-state index contributed by atoms with van der Waals surface area (Å²) >= 11 is 0. The van der Waals surface area contributed by atoms with E-state index in [9.17, 15) is 4.79 Å². The smallest absolute Gasteiger partial charge is 0.203 e. The predicted molar refractivity (Wildman–Crippen MR) is 102 cm³/mol. The fourth-order valence-electron chi connectivity index (χ4n) is 4.76. The second kappa shape index (κ2) is 5.73. The fraction of sp³-hybridized carbons (Fsp3) is 0.429. The molecule has 1 spiro atoms. The van der Waals surface area contributed by atoms with Gasteiger partial charge in [-0.15, -0.1) is 0 Å². The molecule has 1 fully saturated rings. The molecule has 5 nitrogen and oxygen atoms in total. The Morgan fingerprint density at radius 1 is 1.31 bits per heavy atom. The molecule has 5 heteroatoms. The molecule has 2 unspecified atom stereocenters. The molecule has 2 atom stereocenters. The highest BCUT2D eigenvalue weighted by Crippen LogP contribution is 2.47. The van der Waals surface area contributed by atoms with E-state index in [1.54, 1.807) is 0 Å². The highest BCUT2D eigenvalue weighted by molar-refractivity contribution is 6.04. The first-order valence-electron chi connectivity index (χ1n) is 9.52. The Kier molecular flexibility index (Phi) is 3.45. The predicted octanol–water partition coefficient (Wildman–Crippen LogP) is 4.37. The topological polar surface area (TPSA) is 66.6 Å². The van der Waals surface area contributed by atoms with E-state index in [4.69, 9.17) is 9.41 Å². The monoisotopic (exact) mass is 349 g/mol. The summed E-state index contributed by atoms with van der Waals surface area (Å²) in [6.45, 7) is 2.26. The van der Waals surface area contributed by atoms with Gasteiger partial charge >= 0.3 is 0 Å². The van der Waals surface area contributed by atoms with Crippen molar-refractivity contribution in [1.29, 1.82) is 0 Å². The van der Waals surface area contributed by atoms with Crippen molar-refractivity contribution in [2.45, 2.75) is 51.0 Å². The number of nitrogens with one attached hydrogen (secondary N) is 2. The molecule has 3 aliphatic rings. The lowest BCUT2D eigenvalue weighted by molar-refractivity contribution is -0.116. The highest BCUT2D eigenvalue weighted by atomic mass is 16.3. The molecule has 26 heavy (non-hydrogen) atoms. The number of hydrogen-bond donors (Lipinski definition) is 2. The number of aliphatic imine (C=N–C) groups is 1. The van der Waals surface area contributed by atoms with Crippen molar-refractivity contribution in [2.24, 2.45) is 10.9 Å². The van der Waals surface area contributed by atoms with Gasteiger partial charge in [-0.05, 0) is 44.1 Å². The minimum atomic E-state index is -0.355. The van der Waals surface area contributed by atoms with Crippen LogP contribution in [0.4, 0.5) is 5.88 Å². The molecule has 2 N–H and O–H groups in total. The third-order valence-corrected chi connectivity index (χ3v) is 5.88. The van der Waals surface area contributed by atoms with Gasteiger partial charge in [-0.25, -0.2) is 4.99 Å². The van der Waals surface area contributed by atoms with E-state index in [0.717, 1.165) is 54.3 Å². The Balaban J connectivity index is 1.51. The number of Topliss-reactive ketones (excluding diaryl/α,β-unsaturated/α-hetero) is 1. The van der Waals surface area contributed by atoms with Gasteiger partial charge in [0.15, 0.2) is 5.78 Å². The van der Waals surface area contributed by atoms with Crippen LogP contribution in [0.2, 0.25) is 0 Å². The van der Waals surface area contributed by atoms with Gasteiger partial charge in [0.25, 0.3) is 0 Å². The first-order chi connectivity index (χ1) is 12.6. The number of allylic oxidation sites excluding steroid dienone is 1. The molecule has 1 aromatic heterocycles. The first-order valence-corrected chi connectivity index (χ1v) is 9.52. The summed E-state index contributed by atoms with van der Waals surface area (Å²) in [5, 5.41) is 7.75. The molecule has 2 aliphatic carbocycles. The Bertz CT molecular complexity index is 922. The van der Waals surface area contributed by atoms with E-state index in [-0.39, 0.29) is 11.3 Å². The normalized spacial score (nSPS) is 28.3. The molecule has 1 aliphatic heterocycles. The molecule has 0 amide bonds. The van der Waals surface area contributed by atoms with Crippen LogP contribution in [-0.2, 0) is 4.79 Å². The van der Waals surface area contributed by atoms with Gasteiger partial charge in [-0.3, -0.25) is 10.1 Å². The second-order valence-corrected chi connectivity index (χ2v) is 7.87. The van der Waals surface area contributed by atoms with Crippen molar-refractivity contribution < 1.29 is 9.21 Å². The van der Waals surface area contributed by atoms with Crippen LogP contribution in [0.3, 0.4) is 0 Å². The Morgan fingerprint density at radius 3 is 3.00 bits per heavy atom. The lowest BCUT2D eigenvalue weighted by atomic mass is 9.78. The molecular weight excluding hydrogens is 326 g/mol. The summed E-state index contributed by atoms with van der Waals surface area (Å²) in [5.41, 5.74) is 2.50. The number of ketones is 1. The van der Waals surface area contributed by atoms with Crippen molar-refractivity contribution in [3.63, 3.8) is 0 Å². The second-order valence-electron chi connectivity index (χ2n) is 7.87. The lowest BCUT2D eigenvalue weighted by Crippen LogP contribution is -2.46. The summed E-state index contributed by atoms with van der Waals surface area (Å²) in [7, 11) is 0. The molecule has 0 radical (unpaired) electrons. The van der Waals surface area contributed by atoms with E-state index >= 15 is 0 Å². The van der Waals surface area contributed by atoms with E-state index in [2.05, 4.69) is 17.6 Å². The van der Waals surface area contributed by atoms with Gasteiger partial charge in [0.1, 0.15) is 5.58 Å². The number of fused-ring (bicyclic) bond motifs is 2. The van der Waals surface area contributed by atoms with E-state index in [1.165, 1.54) is 0 Å². The van der Waals surface area contributed by atoms with Crippen LogP contribution in [0.15, 0.2) is 51.0 Å². The van der Waals surface area contributed by atoms with Crippen LogP contribution < -0.4 is 10.6 Å². The van der Waals surface area contributed by atoms with Crippen LogP contribution in [0.5, 0.6) is 0 Å². The lowest BCUT2D eigenvalue weighted by Gasteiger charge is -2.37. The number of para-hydroxylation sites is 1. The third kappa shape index (κ3) is 2.45. The highest BCUT2D eigenvalue weighted by Gasteiger charge is 2.47. The van der Waals surface area contributed by atoms with Gasteiger partial charge in [-0.2, -0.15) is 0 Å². The van der Waals surface area contributed by atoms with Crippen LogP contribution in [-0.4, -0.2) is 17.3 Å². The third-order valence-electron chi connectivity index (χ3n) is 5.88. The molecule has 5 rings (SSSR count). The zero-order valence-electron chi connectivity index (χ0n) is 15.0. The maximum absolute atomic E-state index is 12.7. The minimum Gasteiger partial charge on any atom is -0.440 e. The van der Waals surface area contributed by atoms with Gasteiger partial charge in [0.05, 0.1) is 5.54 Å². The van der Waals surface area contributed by atoms with Gasteiger partial charge in [0.2, 0.25) is 11.8 Å². The molecular formula is C21H23N3O2. The number of guanidine groups is 1. The molecule has 2 heterocycles.